The van der Waals surface area contributed by atoms with E-state index >= 15 is 0 Å². The van der Waals surface area contributed by atoms with Gasteiger partial charge in [0, 0.05) is 6.20 Å². The molecule has 16 heavy (non-hydrogen) atoms. The van der Waals surface area contributed by atoms with Crippen molar-refractivity contribution in [1.29, 1.82) is 0 Å². The number of hydrogen-bond donors (Lipinski definition) is 1. The Balaban J connectivity index is 2.51. The fraction of sp³-hybridized carbons (Fsp3) is 0. The number of carboxylic acids is 1. The summed E-state index contributed by atoms with van der Waals surface area (Å²) < 4.78 is 2.49. The molecule has 0 fully saturated rings. The highest BCUT2D eigenvalue weighted by molar-refractivity contribution is 14.1. The molecule has 0 spiro atoms. The van der Waals surface area contributed by atoms with Crippen molar-refractivity contribution >= 4 is 40.2 Å². The molecule has 2 aromatic rings. The van der Waals surface area contributed by atoms with Gasteiger partial charge in [-0.25, -0.2) is 14.5 Å². The second-order valence-electron chi connectivity index (χ2n) is 2.94. The van der Waals surface area contributed by atoms with E-state index in [9.17, 15) is 4.79 Å². The van der Waals surface area contributed by atoms with E-state index in [-0.39, 0.29) is 10.7 Å². The Morgan fingerprint density at radius 2 is 2.25 bits per heavy atom. The molecule has 2 rings (SSSR count). The molecule has 0 radical (unpaired) electrons. The average molecular weight is 350 g/mol. The maximum absolute atomic E-state index is 10.9. The van der Waals surface area contributed by atoms with Gasteiger partial charge in [0.15, 0.2) is 0 Å². The lowest BCUT2D eigenvalue weighted by Gasteiger charge is -2.03. The summed E-state index contributed by atoms with van der Waals surface area (Å²) in [5, 5.41) is 12.9. The minimum absolute atomic E-state index is 0.0295. The van der Waals surface area contributed by atoms with Crippen molar-refractivity contribution in [1.82, 2.24) is 14.8 Å². The van der Waals surface area contributed by atoms with E-state index < -0.39 is 5.97 Å². The first-order valence-corrected chi connectivity index (χ1v) is 5.63. The Labute approximate surface area is 109 Å². The highest BCUT2D eigenvalue weighted by Gasteiger charge is 2.11. The Kier molecular flexibility index (Phi) is 3.10. The fourth-order valence-electron chi connectivity index (χ4n) is 1.15. The van der Waals surface area contributed by atoms with Gasteiger partial charge < -0.3 is 5.11 Å². The first-order chi connectivity index (χ1) is 7.58. The number of pyridine rings is 1. The summed E-state index contributed by atoms with van der Waals surface area (Å²) in [6.45, 7) is 0. The standard InChI is InChI=1S/C9H5ClIN3O2/c10-8-7(9(15)16)1-6(3-12-8)14-4-5(11)2-13-14/h1-4H,(H,15,16). The zero-order valence-electron chi connectivity index (χ0n) is 7.76. The summed E-state index contributed by atoms with van der Waals surface area (Å²) >= 11 is 7.77. The smallest absolute Gasteiger partial charge is 0.338 e. The summed E-state index contributed by atoms with van der Waals surface area (Å²) in [7, 11) is 0. The third kappa shape index (κ3) is 2.17. The SMILES string of the molecule is O=C(O)c1cc(-n2cc(I)cn2)cnc1Cl. The van der Waals surface area contributed by atoms with E-state index in [1.807, 2.05) is 0 Å². The zero-order chi connectivity index (χ0) is 11.7. The van der Waals surface area contributed by atoms with Crippen molar-refractivity contribution in [2.45, 2.75) is 0 Å². The van der Waals surface area contributed by atoms with Crippen LogP contribution in [0.1, 0.15) is 10.4 Å². The van der Waals surface area contributed by atoms with Crippen molar-refractivity contribution < 1.29 is 9.90 Å². The van der Waals surface area contributed by atoms with Crippen molar-refractivity contribution in [2.75, 3.05) is 0 Å². The summed E-state index contributed by atoms with van der Waals surface area (Å²) in [5.74, 6) is -1.11. The van der Waals surface area contributed by atoms with E-state index in [0.717, 1.165) is 3.57 Å². The van der Waals surface area contributed by atoms with Crippen LogP contribution in [0.25, 0.3) is 5.69 Å². The molecule has 2 aromatic heterocycles. The summed E-state index contributed by atoms with van der Waals surface area (Å²) in [4.78, 5) is 14.7. The molecule has 0 aliphatic heterocycles. The molecular formula is C9H5ClIN3O2. The molecule has 0 aromatic carbocycles. The van der Waals surface area contributed by atoms with Crippen LogP contribution >= 0.6 is 34.2 Å². The predicted octanol–water partition coefficient (Wildman–Crippen LogP) is 2.22. The number of hydrogen-bond acceptors (Lipinski definition) is 3. The number of carbonyl (C=O) groups is 1. The van der Waals surface area contributed by atoms with Crippen LogP contribution in [-0.4, -0.2) is 25.8 Å². The van der Waals surface area contributed by atoms with Crippen LogP contribution in [-0.2, 0) is 0 Å². The Morgan fingerprint density at radius 1 is 1.50 bits per heavy atom. The van der Waals surface area contributed by atoms with Crippen LogP contribution in [0.2, 0.25) is 5.15 Å². The number of halogens is 2. The minimum Gasteiger partial charge on any atom is -0.478 e. The lowest BCUT2D eigenvalue weighted by molar-refractivity contribution is 0.0696. The molecule has 0 unspecified atom stereocenters. The third-order valence-corrected chi connectivity index (χ3v) is 2.73. The molecule has 0 atom stereocenters. The van der Waals surface area contributed by atoms with Crippen LogP contribution in [0.5, 0.6) is 0 Å². The lowest BCUT2D eigenvalue weighted by Crippen LogP contribution is -2.03. The highest BCUT2D eigenvalue weighted by Crippen LogP contribution is 2.17. The van der Waals surface area contributed by atoms with Crippen molar-refractivity contribution in [3.63, 3.8) is 0 Å². The van der Waals surface area contributed by atoms with Gasteiger partial charge in [0.2, 0.25) is 0 Å². The van der Waals surface area contributed by atoms with Gasteiger partial charge in [-0.05, 0) is 28.7 Å². The molecule has 0 aliphatic carbocycles. The number of carboxylic acid groups (broad SMARTS) is 1. The molecule has 1 N–H and O–H groups in total. The summed E-state index contributed by atoms with van der Waals surface area (Å²) in [6, 6.07) is 1.43. The van der Waals surface area contributed by atoms with Gasteiger partial charge in [-0.1, -0.05) is 11.6 Å². The molecular weight excluding hydrogens is 344 g/mol. The lowest BCUT2D eigenvalue weighted by atomic mass is 10.2. The average Bonchev–Trinajstić information content (AvgIpc) is 2.65. The van der Waals surface area contributed by atoms with Crippen molar-refractivity contribution in [2.24, 2.45) is 0 Å². The van der Waals surface area contributed by atoms with Gasteiger partial charge in [0.1, 0.15) is 5.15 Å². The molecule has 82 valence electrons. The monoisotopic (exact) mass is 349 g/mol. The number of aromatic nitrogens is 3. The molecule has 2 heterocycles. The molecule has 0 bridgehead atoms. The minimum atomic E-state index is -1.11. The topological polar surface area (TPSA) is 68.0 Å². The molecule has 0 saturated carbocycles. The van der Waals surface area contributed by atoms with Gasteiger partial charge in [-0.3, -0.25) is 0 Å². The highest BCUT2D eigenvalue weighted by atomic mass is 127. The largest absolute Gasteiger partial charge is 0.478 e. The van der Waals surface area contributed by atoms with Crippen LogP contribution < -0.4 is 0 Å². The van der Waals surface area contributed by atoms with E-state index in [4.69, 9.17) is 16.7 Å². The molecule has 7 heteroatoms. The molecule has 5 nitrogen and oxygen atoms in total. The van der Waals surface area contributed by atoms with E-state index in [1.54, 1.807) is 12.4 Å². The predicted molar refractivity (Wildman–Crippen MR) is 66.0 cm³/mol. The first kappa shape index (κ1) is 11.3. The summed E-state index contributed by atoms with van der Waals surface area (Å²) in [5.41, 5.74) is 0.523. The van der Waals surface area contributed by atoms with Crippen LogP contribution in [0, 0.1) is 3.57 Å². The van der Waals surface area contributed by atoms with Crippen LogP contribution in [0.3, 0.4) is 0 Å². The van der Waals surface area contributed by atoms with Gasteiger partial charge in [0.05, 0.1) is 27.2 Å². The molecule has 0 saturated heterocycles. The van der Waals surface area contributed by atoms with Gasteiger partial charge >= 0.3 is 5.97 Å². The number of rotatable bonds is 2. The first-order valence-electron chi connectivity index (χ1n) is 4.17. The Bertz CT molecular complexity index is 555. The van der Waals surface area contributed by atoms with Crippen LogP contribution in [0.4, 0.5) is 0 Å². The van der Waals surface area contributed by atoms with Crippen LogP contribution in [0.15, 0.2) is 24.7 Å². The van der Waals surface area contributed by atoms with Crippen molar-refractivity contribution in [3.8, 4) is 5.69 Å². The number of nitrogens with zero attached hydrogens (tertiary/aromatic N) is 3. The van der Waals surface area contributed by atoms with E-state index in [1.165, 1.54) is 16.9 Å². The Hall–Kier alpha value is -1.15. The van der Waals surface area contributed by atoms with Crippen molar-refractivity contribution in [3.05, 3.63) is 38.9 Å². The Morgan fingerprint density at radius 3 is 2.81 bits per heavy atom. The van der Waals surface area contributed by atoms with E-state index in [0.29, 0.717) is 5.69 Å². The van der Waals surface area contributed by atoms with Gasteiger partial charge in [-0.2, -0.15) is 5.10 Å². The van der Waals surface area contributed by atoms with E-state index in [2.05, 4.69) is 32.7 Å². The maximum Gasteiger partial charge on any atom is 0.338 e. The number of aromatic carboxylic acids is 1. The fourth-order valence-corrected chi connectivity index (χ4v) is 1.73. The molecule has 0 amide bonds. The zero-order valence-corrected chi connectivity index (χ0v) is 10.7. The second kappa shape index (κ2) is 4.38. The third-order valence-electron chi connectivity index (χ3n) is 1.87. The maximum atomic E-state index is 10.9. The normalized spacial score (nSPS) is 10.4. The summed E-state index contributed by atoms with van der Waals surface area (Å²) in [6.07, 6.45) is 4.89. The quantitative estimate of drug-likeness (QED) is 0.667. The van der Waals surface area contributed by atoms with Gasteiger partial charge in [-0.15, -0.1) is 0 Å². The van der Waals surface area contributed by atoms with Gasteiger partial charge in [0.25, 0.3) is 0 Å². The molecule has 0 aliphatic rings. The second-order valence-corrected chi connectivity index (χ2v) is 4.54.